The Balaban J connectivity index is 1.44. The van der Waals surface area contributed by atoms with Gasteiger partial charge in [0, 0.05) is 5.02 Å². The molecule has 0 bridgehead atoms. The van der Waals surface area contributed by atoms with Gasteiger partial charge in [-0.2, -0.15) is 9.61 Å². The molecule has 0 saturated carbocycles. The van der Waals surface area contributed by atoms with Gasteiger partial charge in [0.25, 0.3) is 0 Å². The molecule has 132 valence electrons. The third-order valence-corrected chi connectivity index (χ3v) is 4.85. The molecule has 0 unspecified atom stereocenters. The molecule has 0 aliphatic heterocycles. The van der Waals surface area contributed by atoms with E-state index in [1.54, 1.807) is 16.6 Å². The number of nitrogens with zero attached hydrogens (tertiary/aromatic N) is 4. The maximum absolute atomic E-state index is 5.87. The lowest BCUT2D eigenvalue weighted by molar-refractivity contribution is 0.288. The molecule has 0 fully saturated rings. The van der Waals surface area contributed by atoms with Crippen LogP contribution < -0.4 is 9.47 Å². The van der Waals surface area contributed by atoms with Crippen LogP contribution in [0.3, 0.4) is 0 Å². The van der Waals surface area contributed by atoms with Gasteiger partial charge < -0.3 is 9.47 Å². The van der Waals surface area contributed by atoms with Gasteiger partial charge in [0.1, 0.15) is 24.7 Å². The molecule has 0 N–H and O–H groups in total. The van der Waals surface area contributed by atoms with Crippen LogP contribution in [0, 0.1) is 6.92 Å². The van der Waals surface area contributed by atoms with Gasteiger partial charge in [-0.1, -0.05) is 41.1 Å². The van der Waals surface area contributed by atoms with E-state index in [0.29, 0.717) is 29.0 Å². The SMILES string of the molecule is Cc1ccccc1OCc1nnc2sc(COc3ccc(Cl)cc3)nn12. The number of halogens is 1. The molecule has 8 heteroatoms. The van der Waals surface area contributed by atoms with Crippen molar-refractivity contribution in [2.45, 2.75) is 20.1 Å². The van der Waals surface area contributed by atoms with E-state index in [9.17, 15) is 0 Å². The normalized spacial score (nSPS) is 11.0. The van der Waals surface area contributed by atoms with Crippen molar-refractivity contribution in [3.63, 3.8) is 0 Å². The first kappa shape index (κ1) is 16.8. The van der Waals surface area contributed by atoms with Crippen molar-refractivity contribution in [3.05, 3.63) is 69.9 Å². The van der Waals surface area contributed by atoms with E-state index in [-0.39, 0.29) is 0 Å². The van der Waals surface area contributed by atoms with E-state index in [2.05, 4.69) is 15.3 Å². The fraction of sp³-hybridized carbons (Fsp3) is 0.167. The molecule has 0 aliphatic rings. The molecule has 2 heterocycles. The highest BCUT2D eigenvalue weighted by Gasteiger charge is 2.13. The van der Waals surface area contributed by atoms with Crippen LogP contribution in [0.2, 0.25) is 5.02 Å². The molecule has 0 aliphatic carbocycles. The summed E-state index contributed by atoms with van der Waals surface area (Å²) in [6, 6.07) is 15.1. The first-order valence-electron chi connectivity index (χ1n) is 7.96. The van der Waals surface area contributed by atoms with Crippen molar-refractivity contribution in [3.8, 4) is 11.5 Å². The standard InChI is InChI=1S/C18H15ClN4O2S/c1-12-4-2-3-5-15(12)25-10-16-20-21-18-23(16)22-17(26-18)11-24-14-8-6-13(19)7-9-14/h2-9H,10-11H2,1H3. The first-order valence-corrected chi connectivity index (χ1v) is 9.15. The van der Waals surface area contributed by atoms with Gasteiger partial charge in [-0.3, -0.25) is 0 Å². The largest absolute Gasteiger partial charge is 0.486 e. The Labute approximate surface area is 159 Å². The molecule has 6 nitrogen and oxygen atoms in total. The summed E-state index contributed by atoms with van der Waals surface area (Å²) in [5, 5.41) is 14.3. The molecule has 26 heavy (non-hydrogen) atoms. The number of benzene rings is 2. The molecule has 2 aromatic heterocycles. The van der Waals surface area contributed by atoms with Gasteiger partial charge in [-0.15, -0.1) is 10.2 Å². The van der Waals surface area contributed by atoms with E-state index in [1.165, 1.54) is 11.3 Å². The summed E-state index contributed by atoms with van der Waals surface area (Å²) in [7, 11) is 0. The van der Waals surface area contributed by atoms with Gasteiger partial charge in [0.05, 0.1) is 0 Å². The van der Waals surface area contributed by atoms with Gasteiger partial charge in [0.2, 0.25) is 4.96 Å². The monoisotopic (exact) mass is 386 g/mol. The number of para-hydroxylation sites is 1. The lowest BCUT2D eigenvalue weighted by Gasteiger charge is -2.06. The van der Waals surface area contributed by atoms with Crippen LogP contribution in [0.1, 0.15) is 16.4 Å². The fourth-order valence-corrected chi connectivity index (χ4v) is 3.27. The Morgan fingerprint density at radius 3 is 2.62 bits per heavy atom. The van der Waals surface area contributed by atoms with Crippen molar-refractivity contribution in [2.24, 2.45) is 0 Å². The molecule has 0 saturated heterocycles. The van der Waals surface area contributed by atoms with Gasteiger partial charge >= 0.3 is 0 Å². The van der Waals surface area contributed by atoms with Crippen molar-refractivity contribution >= 4 is 27.9 Å². The summed E-state index contributed by atoms with van der Waals surface area (Å²) >= 11 is 7.31. The third-order valence-electron chi connectivity index (χ3n) is 3.72. The van der Waals surface area contributed by atoms with Crippen LogP contribution in [0.25, 0.3) is 4.96 Å². The lowest BCUT2D eigenvalue weighted by Crippen LogP contribution is -2.04. The van der Waals surface area contributed by atoms with Crippen LogP contribution in [-0.4, -0.2) is 19.8 Å². The van der Waals surface area contributed by atoms with Crippen LogP contribution in [0.15, 0.2) is 48.5 Å². The Morgan fingerprint density at radius 1 is 1.00 bits per heavy atom. The molecule has 2 aromatic carbocycles. The van der Waals surface area contributed by atoms with Crippen LogP contribution in [-0.2, 0) is 13.2 Å². The average molecular weight is 387 g/mol. The minimum absolute atomic E-state index is 0.299. The van der Waals surface area contributed by atoms with Gasteiger partial charge in [-0.05, 0) is 42.8 Å². The average Bonchev–Trinajstić information content (AvgIpc) is 3.21. The molecule has 0 amide bonds. The van der Waals surface area contributed by atoms with Crippen molar-refractivity contribution in [1.82, 2.24) is 19.8 Å². The Hall–Kier alpha value is -2.64. The zero-order chi connectivity index (χ0) is 17.9. The Kier molecular flexibility index (Phi) is 4.73. The molecular weight excluding hydrogens is 372 g/mol. The maximum Gasteiger partial charge on any atom is 0.234 e. The van der Waals surface area contributed by atoms with E-state index in [4.69, 9.17) is 21.1 Å². The highest BCUT2D eigenvalue weighted by molar-refractivity contribution is 7.16. The van der Waals surface area contributed by atoms with Crippen LogP contribution in [0.5, 0.6) is 11.5 Å². The van der Waals surface area contributed by atoms with Crippen molar-refractivity contribution < 1.29 is 9.47 Å². The third kappa shape index (κ3) is 3.63. The van der Waals surface area contributed by atoms with E-state index in [0.717, 1.165) is 22.1 Å². The highest BCUT2D eigenvalue weighted by Crippen LogP contribution is 2.21. The smallest absolute Gasteiger partial charge is 0.234 e. The number of aryl methyl sites for hydroxylation is 1. The second-order valence-electron chi connectivity index (χ2n) is 5.60. The van der Waals surface area contributed by atoms with Crippen molar-refractivity contribution in [1.29, 1.82) is 0 Å². The highest BCUT2D eigenvalue weighted by atomic mass is 35.5. The second kappa shape index (κ2) is 7.31. The number of ether oxygens (including phenoxy) is 2. The number of fused-ring (bicyclic) bond motifs is 1. The molecule has 0 radical (unpaired) electrons. The van der Waals surface area contributed by atoms with Crippen LogP contribution >= 0.6 is 22.9 Å². The molecule has 0 atom stereocenters. The zero-order valence-electron chi connectivity index (χ0n) is 13.9. The number of hydrogen-bond donors (Lipinski definition) is 0. The topological polar surface area (TPSA) is 61.5 Å². The second-order valence-corrected chi connectivity index (χ2v) is 7.08. The lowest BCUT2D eigenvalue weighted by atomic mass is 10.2. The van der Waals surface area contributed by atoms with Gasteiger partial charge in [-0.25, -0.2) is 0 Å². The molecule has 0 spiro atoms. The number of aromatic nitrogens is 4. The minimum Gasteiger partial charge on any atom is -0.486 e. The summed E-state index contributed by atoms with van der Waals surface area (Å²) < 4.78 is 13.3. The predicted octanol–water partition coefficient (Wildman–Crippen LogP) is 4.31. The summed E-state index contributed by atoms with van der Waals surface area (Å²) in [5.41, 5.74) is 1.07. The quantitative estimate of drug-likeness (QED) is 0.494. The first-order chi connectivity index (χ1) is 12.7. The summed E-state index contributed by atoms with van der Waals surface area (Å²) in [5.74, 6) is 2.21. The van der Waals surface area contributed by atoms with E-state index in [1.807, 2.05) is 43.3 Å². The molecular formula is C18H15ClN4O2S. The Morgan fingerprint density at radius 2 is 1.81 bits per heavy atom. The summed E-state index contributed by atoms with van der Waals surface area (Å²) in [6.07, 6.45) is 0. The van der Waals surface area contributed by atoms with Crippen molar-refractivity contribution in [2.75, 3.05) is 0 Å². The van der Waals surface area contributed by atoms with E-state index < -0.39 is 0 Å². The molecule has 4 rings (SSSR count). The number of rotatable bonds is 6. The van der Waals surface area contributed by atoms with Gasteiger partial charge in [0.15, 0.2) is 10.8 Å². The predicted molar refractivity (Wildman–Crippen MR) is 100.0 cm³/mol. The maximum atomic E-state index is 5.87. The zero-order valence-corrected chi connectivity index (χ0v) is 15.5. The molecule has 4 aromatic rings. The minimum atomic E-state index is 0.299. The van der Waals surface area contributed by atoms with E-state index >= 15 is 0 Å². The van der Waals surface area contributed by atoms with Crippen LogP contribution in [0.4, 0.5) is 0 Å². The fourth-order valence-electron chi connectivity index (χ4n) is 2.38. The summed E-state index contributed by atoms with van der Waals surface area (Å²) in [6.45, 7) is 2.66. The summed E-state index contributed by atoms with van der Waals surface area (Å²) in [4.78, 5) is 0.711. The number of hydrogen-bond acceptors (Lipinski definition) is 6. The Bertz CT molecular complexity index is 1030.